The number of primary amides is 1. The normalized spacial score (nSPS) is 10.7. The summed E-state index contributed by atoms with van der Waals surface area (Å²) in [6.45, 7) is 0. The van der Waals surface area contributed by atoms with Crippen LogP contribution in [0.3, 0.4) is 0 Å². The van der Waals surface area contributed by atoms with E-state index >= 15 is 0 Å². The van der Waals surface area contributed by atoms with Crippen molar-refractivity contribution in [2.24, 2.45) is 5.73 Å². The molecule has 0 radical (unpaired) electrons. The number of aromatic nitrogens is 1. The molecule has 0 spiro atoms. The fourth-order valence-electron chi connectivity index (χ4n) is 2.16. The second-order valence-corrected chi connectivity index (χ2v) is 4.28. The lowest BCUT2D eigenvalue weighted by atomic mass is 10.1. The Morgan fingerprint density at radius 1 is 1.16 bits per heavy atom. The summed E-state index contributed by atoms with van der Waals surface area (Å²) in [5, 5.41) is 0.668. The fraction of sp³-hybridized carbons (Fsp3) is 0.0667. The van der Waals surface area contributed by atoms with Crippen molar-refractivity contribution in [2.75, 3.05) is 0 Å². The first-order chi connectivity index (χ1) is 9.25. The van der Waals surface area contributed by atoms with Crippen LogP contribution in [0.25, 0.3) is 11.1 Å². The van der Waals surface area contributed by atoms with Gasteiger partial charge in [-0.15, -0.1) is 0 Å². The first-order valence-electron chi connectivity index (χ1n) is 5.96. The van der Waals surface area contributed by atoms with E-state index < -0.39 is 5.91 Å². The van der Waals surface area contributed by atoms with Crippen LogP contribution >= 0.6 is 0 Å². The number of nitrogens with zero attached hydrogens (tertiary/aromatic N) is 1. The highest BCUT2D eigenvalue weighted by molar-refractivity contribution is 6.05. The van der Waals surface area contributed by atoms with Crippen molar-refractivity contribution in [3.8, 4) is 0 Å². The minimum Gasteiger partial charge on any atom is -0.442 e. The molecule has 0 aliphatic carbocycles. The van der Waals surface area contributed by atoms with Crippen molar-refractivity contribution in [3.05, 3.63) is 65.5 Å². The average Bonchev–Trinajstić information content (AvgIpc) is 2.77. The number of hydrogen-bond donors (Lipinski definition) is 1. The molecule has 0 fully saturated rings. The molecule has 0 saturated heterocycles. The topological polar surface area (TPSA) is 69.1 Å². The largest absolute Gasteiger partial charge is 0.442 e. The van der Waals surface area contributed by atoms with Gasteiger partial charge in [0.2, 0.25) is 5.71 Å². The summed E-state index contributed by atoms with van der Waals surface area (Å²) in [5.74, 6) is 0.0741. The molecule has 0 saturated carbocycles. The zero-order chi connectivity index (χ0) is 13.2. The van der Waals surface area contributed by atoms with Gasteiger partial charge in [0, 0.05) is 12.6 Å². The highest BCUT2D eigenvalue weighted by Crippen LogP contribution is 2.25. The van der Waals surface area contributed by atoms with Gasteiger partial charge >= 0.3 is 0 Å². The van der Waals surface area contributed by atoms with E-state index in [1.807, 2.05) is 30.3 Å². The van der Waals surface area contributed by atoms with Gasteiger partial charge in [-0.3, -0.25) is 4.79 Å². The van der Waals surface area contributed by atoms with Crippen molar-refractivity contribution in [3.63, 3.8) is 0 Å². The maximum atomic E-state index is 11.6. The van der Waals surface area contributed by atoms with E-state index in [4.69, 9.17) is 10.2 Å². The second-order valence-electron chi connectivity index (χ2n) is 4.28. The van der Waals surface area contributed by atoms with Crippen LogP contribution in [-0.4, -0.2) is 10.9 Å². The summed E-state index contributed by atoms with van der Waals surface area (Å²) in [6, 6.07) is 13.3. The van der Waals surface area contributed by atoms with Crippen LogP contribution in [0.15, 0.2) is 53.1 Å². The number of carbonyl (C=O) groups is 1. The quantitative estimate of drug-likeness (QED) is 0.778. The van der Waals surface area contributed by atoms with Crippen molar-refractivity contribution < 1.29 is 9.21 Å². The molecular formula is C15H12N2O2. The van der Waals surface area contributed by atoms with E-state index in [-0.39, 0.29) is 0 Å². The average molecular weight is 252 g/mol. The monoisotopic (exact) mass is 252 g/mol. The Morgan fingerprint density at radius 2 is 1.95 bits per heavy atom. The van der Waals surface area contributed by atoms with E-state index in [1.165, 1.54) is 0 Å². The van der Waals surface area contributed by atoms with Gasteiger partial charge in [0.1, 0.15) is 5.76 Å². The summed E-state index contributed by atoms with van der Waals surface area (Å²) < 4.78 is 5.65. The first kappa shape index (κ1) is 11.5. The van der Waals surface area contributed by atoms with Gasteiger partial charge in [-0.1, -0.05) is 30.3 Å². The van der Waals surface area contributed by atoms with E-state index in [0.29, 0.717) is 28.8 Å². The lowest BCUT2D eigenvalue weighted by molar-refractivity contribution is 0.1000. The number of nitrogens with two attached hydrogens (primary N) is 1. The molecule has 0 bridgehead atoms. The molecule has 94 valence electrons. The Bertz CT molecular complexity index is 732. The van der Waals surface area contributed by atoms with Crippen LogP contribution in [0.4, 0.5) is 0 Å². The molecule has 1 amide bonds. The van der Waals surface area contributed by atoms with Gasteiger partial charge < -0.3 is 10.2 Å². The maximum absolute atomic E-state index is 11.6. The molecule has 4 nitrogen and oxygen atoms in total. The van der Waals surface area contributed by atoms with Crippen molar-refractivity contribution in [2.45, 2.75) is 6.42 Å². The van der Waals surface area contributed by atoms with Crippen molar-refractivity contribution >= 4 is 17.0 Å². The molecular weight excluding hydrogens is 240 g/mol. The van der Waals surface area contributed by atoms with Crippen LogP contribution < -0.4 is 5.73 Å². The van der Waals surface area contributed by atoms with Crippen LogP contribution in [0.2, 0.25) is 0 Å². The lowest BCUT2D eigenvalue weighted by Crippen LogP contribution is -2.12. The standard InChI is InChI=1S/C15H12N2O2/c16-14(18)13-11-7-4-8-17-15(11)19-12(13)9-10-5-2-1-3-6-10/h1-8H,9H2,(H2,16,18). The van der Waals surface area contributed by atoms with E-state index in [2.05, 4.69) is 4.98 Å². The number of carbonyl (C=O) groups excluding carboxylic acids is 1. The van der Waals surface area contributed by atoms with Gasteiger partial charge in [0.25, 0.3) is 5.91 Å². The Labute approximate surface area is 109 Å². The Balaban J connectivity index is 2.13. The minimum absolute atomic E-state index is 0.423. The maximum Gasteiger partial charge on any atom is 0.252 e. The zero-order valence-corrected chi connectivity index (χ0v) is 10.2. The van der Waals surface area contributed by atoms with Gasteiger partial charge in [0.05, 0.1) is 10.9 Å². The van der Waals surface area contributed by atoms with Gasteiger partial charge in [0.15, 0.2) is 0 Å². The Morgan fingerprint density at radius 3 is 2.68 bits per heavy atom. The molecule has 2 aromatic heterocycles. The Kier molecular flexibility index (Phi) is 2.76. The summed E-state index contributed by atoms with van der Waals surface area (Å²) in [4.78, 5) is 15.7. The predicted octanol–water partition coefficient (Wildman–Crippen LogP) is 2.52. The molecule has 3 rings (SSSR count). The predicted molar refractivity (Wildman–Crippen MR) is 71.8 cm³/mol. The Hall–Kier alpha value is -2.62. The number of hydrogen-bond acceptors (Lipinski definition) is 3. The van der Waals surface area contributed by atoms with Crippen LogP contribution in [0.1, 0.15) is 21.7 Å². The third-order valence-corrected chi connectivity index (χ3v) is 2.99. The fourth-order valence-corrected chi connectivity index (χ4v) is 2.16. The molecule has 2 N–H and O–H groups in total. The SMILES string of the molecule is NC(=O)c1c(Cc2ccccc2)oc2ncccc12. The number of amides is 1. The molecule has 1 aromatic carbocycles. The second kappa shape index (κ2) is 4.57. The van der Waals surface area contributed by atoms with Crippen LogP contribution in [0, 0.1) is 0 Å². The van der Waals surface area contributed by atoms with Crippen LogP contribution in [-0.2, 0) is 6.42 Å². The number of fused-ring (bicyclic) bond motifs is 1. The van der Waals surface area contributed by atoms with E-state index in [1.54, 1.807) is 18.3 Å². The minimum atomic E-state index is -0.488. The summed E-state index contributed by atoms with van der Waals surface area (Å²) >= 11 is 0. The summed E-state index contributed by atoms with van der Waals surface area (Å²) in [7, 11) is 0. The van der Waals surface area contributed by atoms with Gasteiger partial charge in [-0.25, -0.2) is 4.98 Å². The van der Waals surface area contributed by atoms with E-state index in [0.717, 1.165) is 5.56 Å². The summed E-state index contributed by atoms with van der Waals surface area (Å²) in [5.41, 5.74) is 7.38. The zero-order valence-electron chi connectivity index (χ0n) is 10.2. The smallest absolute Gasteiger partial charge is 0.252 e. The molecule has 3 aromatic rings. The molecule has 0 aliphatic heterocycles. The van der Waals surface area contributed by atoms with Gasteiger partial charge in [-0.2, -0.15) is 0 Å². The third kappa shape index (κ3) is 2.08. The van der Waals surface area contributed by atoms with E-state index in [9.17, 15) is 4.79 Å². The molecule has 4 heteroatoms. The molecule has 0 aliphatic rings. The number of furan rings is 1. The number of pyridine rings is 1. The van der Waals surface area contributed by atoms with Crippen LogP contribution in [0.5, 0.6) is 0 Å². The third-order valence-electron chi connectivity index (χ3n) is 2.99. The van der Waals surface area contributed by atoms with Gasteiger partial charge in [-0.05, 0) is 17.7 Å². The van der Waals surface area contributed by atoms with Crippen molar-refractivity contribution in [1.82, 2.24) is 4.98 Å². The molecule has 0 atom stereocenters. The number of benzene rings is 1. The molecule has 0 unspecified atom stereocenters. The molecule has 2 heterocycles. The number of rotatable bonds is 3. The first-order valence-corrected chi connectivity index (χ1v) is 5.96. The lowest BCUT2D eigenvalue weighted by Gasteiger charge is -1.99. The highest BCUT2D eigenvalue weighted by Gasteiger charge is 2.19. The summed E-state index contributed by atoms with van der Waals surface area (Å²) in [6.07, 6.45) is 2.15. The highest BCUT2D eigenvalue weighted by atomic mass is 16.3. The van der Waals surface area contributed by atoms with Crippen molar-refractivity contribution in [1.29, 1.82) is 0 Å². The molecule has 19 heavy (non-hydrogen) atoms.